The summed E-state index contributed by atoms with van der Waals surface area (Å²) >= 11 is 7.31. The van der Waals surface area contributed by atoms with Crippen molar-refractivity contribution in [2.24, 2.45) is 0 Å². The molecule has 3 nitrogen and oxygen atoms in total. The van der Waals surface area contributed by atoms with Gasteiger partial charge in [-0.25, -0.2) is 0 Å². The lowest BCUT2D eigenvalue weighted by molar-refractivity contribution is -0.119. The van der Waals surface area contributed by atoms with Crippen LogP contribution in [0.15, 0.2) is 24.3 Å². The molecule has 1 rings (SSSR count). The fourth-order valence-corrected chi connectivity index (χ4v) is 2.13. The third-order valence-corrected chi connectivity index (χ3v) is 3.35. The fraction of sp³-hybridized carbons (Fsp3) is 0.417. The molecule has 94 valence electrons. The Labute approximate surface area is 111 Å². The van der Waals surface area contributed by atoms with Gasteiger partial charge in [-0.1, -0.05) is 23.7 Å². The quantitative estimate of drug-likeness (QED) is 0.834. The molecule has 0 radical (unpaired) electrons. The third-order valence-electron chi connectivity index (χ3n) is 2.10. The molecule has 0 heterocycles. The van der Waals surface area contributed by atoms with E-state index in [9.17, 15) is 4.79 Å². The summed E-state index contributed by atoms with van der Waals surface area (Å²) in [7, 11) is 0. The lowest BCUT2D eigenvalue weighted by Crippen LogP contribution is -2.36. The van der Waals surface area contributed by atoms with Crippen LogP contribution in [0.2, 0.25) is 5.02 Å². The Morgan fingerprint density at radius 1 is 1.47 bits per heavy atom. The number of hydrogen-bond donors (Lipinski definition) is 2. The summed E-state index contributed by atoms with van der Waals surface area (Å²) in [5.74, 6) is 1.12. The van der Waals surface area contributed by atoms with Gasteiger partial charge in [0.25, 0.3) is 0 Å². The number of rotatable bonds is 6. The van der Waals surface area contributed by atoms with E-state index in [1.54, 1.807) is 6.92 Å². The Hall–Kier alpha value is -0.710. The van der Waals surface area contributed by atoms with E-state index in [-0.39, 0.29) is 18.6 Å². The van der Waals surface area contributed by atoms with E-state index in [0.717, 1.165) is 11.3 Å². The zero-order valence-electron chi connectivity index (χ0n) is 9.65. The van der Waals surface area contributed by atoms with Crippen LogP contribution in [0.1, 0.15) is 12.5 Å². The molecule has 0 spiro atoms. The molecule has 5 heteroatoms. The number of amides is 1. The maximum absolute atomic E-state index is 11.4. The van der Waals surface area contributed by atoms with E-state index in [1.807, 2.05) is 24.3 Å². The van der Waals surface area contributed by atoms with E-state index in [4.69, 9.17) is 16.7 Å². The second-order valence-corrected chi connectivity index (χ2v) is 5.19. The van der Waals surface area contributed by atoms with Crippen molar-refractivity contribution < 1.29 is 9.90 Å². The van der Waals surface area contributed by atoms with Gasteiger partial charge in [-0.3, -0.25) is 4.79 Å². The minimum absolute atomic E-state index is 0.0341. The van der Waals surface area contributed by atoms with Crippen molar-refractivity contribution in [3.05, 3.63) is 34.9 Å². The van der Waals surface area contributed by atoms with Gasteiger partial charge >= 0.3 is 0 Å². The molecule has 0 saturated carbocycles. The van der Waals surface area contributed by atoms with Crippen molar-refractivity contribution >= 4 is 29.3 Å². The van der Waals surface area contributed by atoms with Crippen molar-refractivity contribution in [1.82, 2.24) is 5.32 Å². The van der Waals surface area contributed by atoms with E-state index >= 15 is 0 Å². The molecule has 0 aliphatic rings. The van der Waals surface area contributed by atoms with Crippen molar-refractivity contribution in [2.75, 3.05) is 12.4 Å². The maximum Gasteiger partial charge on any atom is 0.230 e. The molecule has 0 fully saturated rings. The van der Waals surface area contributed by atoms with Gasteiger partial charge < -0.3 is 10.4 Å². The monoisotopic (exact) mass is 273 g/mol. The van der Waals surface area contributed by atoms with Gasteiger partial charge in [0, 0.05) is 16.8 Å². The van der Waals surface area contributed by atoms with E-state index < -0.39 is 0 Å². The van der Waals surface area contributed by atoms with Crippen LogP contribution in [0.25, 0.3) is 0 Å². The standard InChI is InChI=1S/C12H16ClNO2S/c1-9(6-15)14-12(16)8-17-7-10-2-4-11(13)5-3-10/h2-5,9,15H,6-8H2,1H3,(H,14,16)/t9-/m0/s1. The highest BCUT2D eigenvalue weighted by atomic mass is 35.5. The van der Waals surface area contributed by atoms with Crippen LogP contribution in [0.3, 0.4) is 0 Å². The number of carbonyl (C=O) groups excluding carboxylic acids is 1. The van der Waals surface area contributed by atoms with Crippen LogP contribution in [0.5, 0.6) is 0 Å². The summed E-state index contributed by atoms with van der Waals surface area (Å²) in [6.45, 7) is 1.73. The highest BCUT2D eigenvalue weighted by molar-refractivity contribution is 7.99. The maximum atomic E-state index is 11.4. The van der Waals surface area contributed by atoms with Gasteiger partial charge in [-0.05, 0) is 24.6 Å². The Bertz CT molecular complexity index is 356. The first kappa shape index (κ1) is 14.4. The van der Waals surface area contributed by atoms with Crippen molar-refractivity contribution in [2.45, 2.75) is 18.7 Å². The van der Waals surface area contributed by atoms with E-state index in [1.165, 1.54) is 11.8 Å². The number of thioether (sulfide) groups is 1. The first-order valence-corrected chi connectivity index (χ1v) is 6.87. The minimum atomic E-state index is -0.182. The summed E-state index contributed by atoms with van der Waals surface area (Å²) in [6, 6.07) is 7.39. The summed E-state index contributed by atoms with van der Waals surface area (Å²) in [5.41, 5.74) is 1.14. The molecule has 1 aromatic rings. The number of aliphatic hydroxyl groups excluding tert-OH is 1. The molecule has 2 N–H and O–H groups in total. The van der Waals surface area contributed by atoms with Crippen LogP contribution in [0.4, 0.5) is 0 Å². The van der Waals surface area contributed by atoms with Gasteiger partial charge in [0.2, 0.25) is 5.91 Å². The Kier molecular flexibility index (Phi) is 6.40. The second kappa shape index (κ2) is 7.58. The summed E-state index contributed by atoms with van der Waals surface area (Å²) in [6.07, 6.45) is 0. The average Bonchev–Trinajstić information content (AvgIpc) is 2.31. The van der Waals surface area contributed by atoms with E-state index in [0.29, 0.717) is 10.8 Å². The smallest absolute Gasteiger partial charge is 0.230 e. The summed E-state index contributed by atoms with van der Waals surface area (Å²) in [4.78, 5) is 11.4. The zero-order chi connectivity index (χ0) is 12.7. The summed E-state index contributed by atoms with van der Waals surface area (Å²) < 4.78 is 0. The topological polar surface area (TPSA) is 49.3 Å². The Balaban J connectivity index is 2.23. The minimum Gasteiger partial charge on any atom is -0.394 e. The van der Waals surface area contributed by atoms with Crippen molar-refractivity contribution in [1.29, 1.82) is 0 Å². The Morgan fingerprint density at radius 2 is 2.12 bits per heavy atom. The SMILES string of the molecule is C[C@@H](CO)NC(=O)CSCc1ccc(Cl)cc1. The van der Waals surface area contributed by atoms with Crippen LogP contribution in [-0.4, -0.2) is 29.4 Å². The highest BCUT2D eigenvalue weighted by Gasteiger charge is 2.05. The molecular formula is C12H16ClNO2S. The van der Waals surface area contributed by atoms with Crippen LogP contribution >= 0.6 is 23.4 Å². The molecule has 1 aromatic carbocycles. The first-order chi connectivity index (χ1) is 8.11. The second-order valence-electron chi connectivity index (χ2n) is 3.77. The molecule has 0 aromatic heterocycles. The molecule has 1 amide bonds. The Morgan fingerprint density at radius 3 is 2.71 bits per heavy atom. The van der Waals surface area contributed by atoms with Crippen LogP contribution < -0.4 is 5.32 Å². The third kappa shape index (κ3) is 5.96. The number of benzene rings is 1. The number of aliphatic hydroxyl groups is 1. The molecule has 0 bridgehead atoms. The number of halogens is 1. The molecule has 0 aliphatic heterocycles. The predicted octanol–water partition coefficient (Wildman–Crippen LogP) is 2.07. The molecular weight excluding hydrogens is 258 g/mol. The van der Waals surface area contributed by atoms with Gasteiger partial charge in [0.15, 0.2) is 0 Å². The van der Waals surface area contributed by atoms with Gasteiger partial charge in [-0.2, -0.15) is 0 Å². The van der Waals surface area contributed by atoms with Crippen LogP contribution in [0, 0.1) is 0 Å². The predicted molar refractivity (Wildman–Crippen MR) is 72.3 cm³/mol. The van der Waals surface area contributed by atoms with Crippen molar-refractivity contribution in [3.8, 4) is 0 Å². The molecule has 0 saturated heterocycles. The lowest BCUT2D eigenvalue weighted by atomic mass is 10.2. The van der Waals surface area contributed by atoms with Gasteiger partial charge in [0.05, 0.1) is 12.4 Å². The van der Waals surface area contributed by atoms with E-state index in [2.05, 4.69) is 5.32 Å². The number of carbonyl (C=O) groups is 1. The lowest BCUT2D eigenvalue weighted by Gasteiger charge is -2.10. The number of hydrogen-bond acceptors (Lipinski definition) is 3. The molecule has 0 aliphatic carbocycles. The van der Waals surface area contributed by atoms with Gasteiger partial charge in [-0.15, -0.1) is 11.8 Å². The molecule has 17 heavy (non-hydrogen) atoms. The zero-order valence-corrected chi connectivity index (χ0v) is 11.2. The van der Waals surface area contributed by atoms with Crippen LogP contribution in [-0.2, 0) is 10.5 Å². The first-order valence-electron chi connectivity index (χ1n) is 5.34. The molecule has 1 atom stereocenters. The fourth-order valence-electron chi connectivity index (χ4n) is 1.20. The summed E-state index contributed by atoms with van der Waals surface area (Å²) in [5, 5.41) is 12.2. The van der Waals surface area contributed by atoms with Gasteiger partial charge in [0.1, 0.15) is 0 Å². The highest BCUT2D eigenvalue weighted by Crippen LogP contribution is 2.15. The largest absolute Gasteiger partial charge is 0.394 e. The normalized spacial score (nSPS) is 12.2. The average molecular weight is 274 g/mol. The molecule has 0 unspecified atom stereocenters. The number of nitrogens with one attached hydrogen (secondary N) is 1. The van der Waals surface area contributed by atoms with Crippen molar-refractivity contribution in [3.63, 3.8) is 0 Å².